The van der Waals surface area contributed by atoms with Crippen LogP contribution in [0.2, 0.25) is 0 Å². The molecule has 0 spiro atoms. The molecule has 0 aliphatic carbocycles. The van der Waals surface area contributed by atoms with Gasteiger partial charge in [-0.1, -0.05) is 13.0 Å². The minimum Gasteiger partial charge on any atom is -0.483 e. The molecule has 0 saturated heterocycles. The predicted octanol–water partition coefficient (Wildman–Crippen LogP) is 2.70. The smallest absolute Gasteiger partial charge is 0.326 e. The van der Waals surface area contributed by atoms with E-state index in [2.05, 4.69) is 5.32 Å². The van der Waals surface area contributed by atoms with Gasteiger partial charge in [-0.15, -0.1) is 0 Å². The lowest BCUT2D eigenvalue weighted by molar-refractivity contribution is -0.142. The van der Waals surface area contributed by atoms with E-state index in [-0.39, 0.29) is 6.61 Å². The summed E-state index contributed by atoms with van der Waals surface area (Å²) >= 11 is 1.65. The first-order valence-electron chi connectivity index (χ1n) is 7.65. The number of benzene rings is 1. The molecule has 128 valence electrons. The second-order valence-electron chi connectivity index (χ2n) is 5.44. The van der Waals surface area contributed by atoms with Crippen LogP contribution in [-0.4, -0.2) is 41.1 Å². The van der Waals surface area contributed by atoms with Crippen molar-refractivity contribution in [3.63, 3.8) is 0 Å². The molecule has 0 heterocycles. The summed E-state index contributed by atoms with van der Waals surface area (Å²) in [7, 11) is 0. The number of thioether (sulfide) groups is 1. The van der Waals surface area contributed by atoms with Crippen molar-refractivity contribution in [3.05, 3.63) is 28.8 Å². The van der Waals surface area contributed by atoms with Crippen molar-refractivity contribution in [1.82, 2.24) is 5.32 Å². The number of carboxylic acids is 1. The molecule has 1 aromatic rings. The molecule has 1 aromatic carbocycles. The predicted molar refractivity (Wildman–Crippen MR) is 93.3 cm³/mol. The second kappa shape index (κ2) is 9.45. The number of rotatable bonds is 9. The minimum absolute atomic E-state index is 0.186. The molecule has 0 fully saturated rings. The Kier molecular flexibility index (Phi) is 7.95. The van der Waals surface area contributed by atoms with E-state index in [1.165, 1.54) is 0 Å². The Morgan fingerprint density at radius 2 is 2.00 bits per heavy atom. The summed E-state index contributed by atoms with van der Waals surface area (Å²) in [5.41, 5.74) is 3.14. The van der Waals surface area contributed by atoms with Gasteiger partial charge < -0.3 is 15.2 Å². The van der Waals surface area contributed by atoms with E-state index in [4.69, 9.17) is 9.84 Å². The number of hydrogen-bond acceptors (Lipinski definition) is 4. The van der Waals surface area contributed by atoms with Gasteiger partial charge in [-0.05, 0) is 61.5 Å². The summed E-state index contributed by atoms with van der Waals surface area (Å²) in [5.74, 6) is 0.848. The molecule has 0 aliphatic heterocycles. The molecule has 1 unspecified atom stereocenters. The third-order valence-electron chi connectivity index (χ3n) is 3.51. The van der Waals surface area contributed by atoms with Gasteiger partial charge in [0.2, 0.25) is 0 Å². The number of carboxylic acid groups (broad SMARTS) is 1. The van der Waals surface area contributed by atoms with Gasteiger partial charge in [-0.25, -0.2) is 4.79 Å². The van der Waals surface area contributed by atoms with E-state index < -0.39 is 17.9 Å². The van der Waals surface area contributed by atoms with Crippen LogP contribution in [-0.2, 0) is 9.59 Å². The lowest BCUT2D eigenvalue weighted by atomic mass is 10.1. The summed E-state index contributed by atoms with van der Waals surface area (Å²) in [4.78, 5) is 23.1. The first-order chi connectivity index (χ1) is 10.8. The molecule has 2 N–H and O–H groups in total. The maximum absolute atomic E-state index is 11.9. The van der Waals surface area contributed by atoms with Gasteiger partial charge >= 0.3 is 5.97 Å². The first kappa shape index (κ1) is 19.4. The lowest BCUT2D eigenvalue weighted by Gasteiger charge is -2.16. The molecule has 0 bridgehead atoms. The van der Waals surface area contributed by atoms with E-state index in [9.17, 15) is 9.59 Å². The van der Waals surface area contributed by atoms with Gasteiger partial charge in [0, 0.05) is 0 Å². The van der Waals surface area contributed by atoms with Crippen LogP contribution in [0, 0.1) is 20.8 Å². The Morgan fingerprint density at radius 3 is 2.61 bits per heavy atom. The van der Waals surface area contributed by atoms with Crippen molar-refractivity contribution in [2.75, 3.05) is 18.1 Å². The van der Waals surface area contributed by atoms with E-state index in [1.54, 1.807) is 11.8 Å². The van der Waals surface area contributed by atoms with Gasteiger partial charge in [-0.3, -0.25) is 4.79 Å². The number of carbonyl (C=O) groups is 2. The highest BCUT2D eigenvalue weighted by molar-refractivity contribution is 7.99. The quantitative estimate of drug-likeness (QED) is 0.677. The molecule has 5 nitrogen and oxygen atoms in total. The highest BCUT2D eigenvalue weighted by atomic mass is 32.2. The standard InChI is InChI=1S/C17H25NO4S/c1-5-23-7-6-14(17(20)21)18-16(19)10-22-15-9-11(2)8-12(3)13(15)4/h8-9,14H,5-7,10H2,1-4H3,(H,18,19)(H,20,21). The number of hydrogen-bond donors (Lipinski definition) is 2. The Balaban J connectivity index is 2.57. The molecular weight excluding hydrogens is 314 g/mol. The summed E-state index contributed by atoms with van der Waals surface area (Å²) in [6.45, 7) is 7.71. The lowest BCUT2D eigenvalue weighted by Crippen LogP contribution is -2.43. The van der Waals surface area contributed by atoms with Gasteiger partial charge in [0.05, 0.1) is 0 Å². The SMILES string of the molecule is CCSCCC(NC(=O)COc1cc(C)cc(C)c1C)C(=O)O. The maximum atomic E-state index is 11.9. The molecule has 6 heteroatoms. The summed E-state index contributed by atoms with van der Waals surface area (Å²) < 4.78 is 5.56. The monoisotopic (exact) mass is 339 g/mol. The first-order valence-corrected chi connectivity index (χ1v) is 8.81. The Hall–Kier alpha value is -1.69. The summed E-state index contributed by atoms with van der Waals surface area (Å²) in [6, 6.07) is 3.06. The summed E-state index contributed by atoms with van der Waals surface area (Å²) in [5, 5.41) is 11.7. The van der Waals surface area contributed by atoms with Crippen molar-refractivity contribution in [2.45, 2.75) is 40.2 Å². The topological polar surface area (TPSA) is 75.6 Å². The van der Waals surface area contributed by atoms with E-state index in [0.29, 0.717) is 17.9 Å². The zero-order valence-corrected chi connectivity index (χ0v) is 15.0. The fraction of sp³-hybridized carbons (Fsp3) is 0.529. The Bertz CT molecular complexity index is 560. The van der Waals surface area contributed by atoms with E-state index in [1.807, 2.05) is 39.8 Å². The molecule has 0 aliphatic rings. The zero-order chi connectivity index (χ0) is 17.4. The number of ether oxygens (including phenoxy) is 1. The largest absolute Gasteiger partial charge is 0.483 e. The average molecular weight is 339 g/mol. The highest BCUT2D eigenvalue weighted by Crippen LogP contribution is 2.23. The molecular formula is C17H25NO4S. The fourth-order valence-corrected chi connectivity index (χ4v) is 2.82. The van der Waals surface area contributed by atoms with Crippen LogP contribution >= 0.6 is 11.8 Å². The van der Waals surface area contributed by atoms with Gasteiger partial charge in [0.25, 0.3) is 5.91 Å². The number of carbonyl (C=O) groups excluding carboxylic acids is 1. The average Bonchev–Trinajstić information content (AvgIpc) is 2.48. The van der Waals surface area contributed by atoms with Crippen molar-refractivity contribution in [1.29, 1.82) is 0 Å². The molecule has 0 aromatic heterocycles. The number of aliphatic carboxylic acids is 1. The van der Waals surface area contributed by atoms with Gasteiger partial charge in [0.1, 0.15) is 11.8 Å². The molecule has 1 amide bonds. The van der Waals surface area contributed by atoms with Crippen LogP contribution in [0.15, 0.2) is 12.1 Å². The van der Waals surface area contributed by atoms with Crippen LogP contribution in [0.5, 0.6) is 5.75 Å². The molecule has 1 rings (SSSR count). The summed E-state index contributed by atoms with van der Waals surface area (Å²) in [6.07, 6.45) is 0.405. The van der Waals surface area contributed by atoms with Crippen molar-refractivity contribution >= 4 is 23.6 Å². The number of amides is 1. The molecule has 0 saturated carbocycles. The highest BCUT2D eigenvalue weighted by Gasteiger charge is 2.19. The number of aryl methyl sites for hydroxylation is 2. The fourth-order valence-electron chi connectivity index (χ4n) is 2.13. The van der Waals surface area contributed by atoms with Crippen LogP contribution in [0.25, 0.3) is 0 Å². The van der Waals surface area contributed by atoms with Crippen LogP contribution < -0.4 is 10.1 Å². The van der Waals surface area contributed by atoms with Crippen molar-refractivity contribution in [2.24, 2.45) is 0 Å². The minimum atomic E-state index is -1.02. The normalized spacial score (nSPS) is 11.8. The third-order valence-corrected chi connectivity index (χ3v) is 4.44. The Morgan fingerprint density at radius 1 is 1.30 bits per heavy atom. The number of nitrogens with one attached hydrogen (secondary N) is 1. The van der Waals surface area contributed by atoms with Crippen LogP contribution in [0.1, 0.15) is 30.0 Å². The van der Waals surface area contributed by atoms with E-state index >= 15 is 0 Å². The maximum Gasteiger partial charge on any atom is 0.326 e. The van der Waals surface area contributed by atoms with Crippen LogP contribution in [0.4, 0.5) is 0 Å². The van der Waals surface area contributed by atoms with Crippen molar-refractivity contribution < 1.29 is 19.4 Å². The second-order valence-corrected chi connectivity index (χ2v) is 6.83. The van der Waals surface area contributed by atoms with E-state index in [0.717, 1.165) is 22.4 Å². The van der Waals surface area contributed by atoms with Gasteiger partial charge in [0.15, 0.2) is 6.61 Å². The Labute approximate surface area is 141 Å². The third kappa shape index (κ3) is 6.52. The van der Waals surface area contributed by atoms with Gasteiger partial charge in [-0.2, -0.15) is 11.8 Å². The zero-order valence-electron chi connectivity index (χ0n) is 14.1. The van der Waals surface area contributed by atoms with Crippen molar-refractivity contribution in [3.8, 4) is 5.75 Å². The van der Waals surface area contributed by atoms with Crippen LogP contribution in [0.3, 0.4) is 0 Å². The molecule has 0 radical (unpaired) electrons. The molecule has 23 heavy (non-hydrogen) atoms. The molecule has 1 atom stereocenters.